The summed E-state index contributed by atoms with van der Waals surface area (Å²) in [5, 5.41) is 27.1. The minimum absolute atomic E-state index is 0.184. The number of hydrogen-bond acceptors (Lipinski definition) is 6. The monoisotopic (exact) mass is 284 g/mol. The standard InChI is InChI=1S/C10H10BFN2O2S2/c1-6-13-14-10(18-6)17-5-7-2-3-8(12)4-9(7)11(15)16/h2-4,15-16H,5H2,1H3. The van der Waals surface area contributed by atoms with Gasteiger partial charge >= 0.3 is 7.12 Å². The lowest BCUT2D eigenvalue weighted by Gasteiger charge is -2.07. The van der Waals surface area contributed by atoms with Crippen molar-refractivity contribution in [3.8, 4) is 0 Å². The number of rotatable bonds is 4. The van der Waals surface area contributed by atoms with Gasteiger partial charge in [-0.1, -0.05) is 29.2 Å². The topological polar surface area (TPSA) is 66.2 Å². The van der Waals surface area contributed by atoms with E-state index in [2.05, 4.69) is 10.2 Å². The van der Waals surface area contributed by atoms with Crippen LogP contribution in [0.3, 0.4) is 0 Å². The van der Waals surface area contributed by atoms with E-state index in [4.69, 9.17) is 0 Å². The summed E-state index contributed by atoms with van der Waals surface area (Å²) in [6, 6.07) is 3.98. The fourth-order valence-corrected chi connectivity index (χ4v) is 3.24. The van der Waals surface area contributed by atoms with Gasteiger partial charge in [-0.15, -0.1) is 10.2 Å². The summed E-state index contributed by atoms with van der Waals surface area (Å²) in [6.45, 7) is 1.86. The maximum atomic E-state index is 13.0. The van der Waals surface area contributed by atoms with Crippen LogP contribution in [0.1, 0.15) is 10.6 Å². The normalized spacial score (nSPS) is 10.7. The molecule has 0 aliphatic carbocycles. The van der Waals surface area contributed by atoms with Gasteiger partial charge < -0.3 is 10.0 Å². The summed E-state index contributed by atoms with van der Waals surface area (Å²) >= 11 is 2.90. The second-order valence-corrected chi connectivity index (χ2v) is 6.00. The molecule has 0 saturated heterocycles. The van der Waals surface area contributed by atoms with Gasteiger partial charge in [0, 0.05) is 5.75 Å². The lowest BCUT2D eigenvalue weighted by atomic mass is 9.77. The molecule has 2 N–H and O–H groups in total. The van der Waals surface area contributed by atoms with Crippen molar-refractivity contribution in [1.82, 2.24) is 10.2 Å². The molecule has 1 heterocycles. The first-order valence-electron chi connectivity index (χ1n) is 5.13. The van der Waals surface area contributed by atoms with Crippen molar-refractivity contribution in [2.75, 3.05) is 0 Å². The first-order valence-corrected chi connectivity index (χ1v) is 6.94. The Bertz CT molecular complexity index is 550. The summed E-state index contributed by atoms with van der Waals surface area (Å²) in [5.41, 5.74) is 0.855. The molecule has 0 radical (unpaired) electrons. The molecule has 18 heavy (non-hydrogen) atoms. The van der Waals surface area contributed by atoms with E-state index in [0.29, 0.717) is 11.3 Å². The minimum Gasteiger partial charge on any atom is -0.423 e. The molecule has 94 valence electrons. The lowest BCUT2D eigenvalue weighted by Crippen LogP contribution is -2.33. The molecule has 0 bridgehead atoms. The summed E-state index contributed by atoms with van der Waals surface area (Å²) in [7, 11) is -1.67. The van der Waals surface area contributed by atoms with Crippen molar-refractivity contribution in [2.45, 2.75) is 17.0 Å². The average molecular weight is 284 g/mol. The van der Waals surface area contributed by atoms with Crippen LogP contribution < -0.4 is 5.46 Å². The Kier molecular flexibility index (Phi) is 4.33. The molecule has 2 aromatic rings. The zero-order valence-corrected chi connectivity index (χ0v) is 11.1. The molecule has 1 aromatic carbocycles. The molecule has 0 saturated carbocycles. The highest BCUT2D eigenvalue weighted by atomic mass is 32.2. The van der Waals surface area contributed by atoms with Gasteiger partial charge in [0.05, 0.1) is 0 Å². The third kappa shape index (κ3) is 3.29. The van der Waals surface area contributed by atoms with E-state index < -0.39 is 12.9 Å². The van der Waals surface area contributed by atoms with E-state index >= 15 is 0 Å². The quantitative estimate of drug-likeness (QED) is 0.646. The second-order valence-electron chi connectivity index (χ2n) is 3.59. The molecular formula is C10H10BFN2O2S2. The van der Waals surface area contributed by atoms with Crippen molar-refractivity contribution in [1.29, 1.82) is 0 Å². The molecule has 4 nitrogen and oxygen atoms in total. The molecule has 0 spiro atoms. The Morgan fingerprint density at radius 2 is 2.17 bits per heavy atom. The van der Waals surface area contributed by atoms with Gasteiger partial charge in [0.25, 0.3) is 0 Å². The van der Waals surface area contributed by atoms with Gasteiger partial charge in [0.15, 0.2) is 4.34 Å². The third-order valence-corrected chi connectivity index (χ3v) is 4.27. The predicted molar refractivity (Wildman–Crippen MR) is 70.4 cm³/mol. The number of thioether (sulfide) groups is 1. The Labute approximate surface area is 112 Å². The smallest absolute Gasteiger partial charge is 0.423 e. The fraction of sp³-hybridized carbons (Fsp3) is 0.200. The van der Waals surface area contributed by atoms with Crippen LogP contribution >= 0.6 is 23.1 Å². The van der Waals surface area contributed by atoms with Crippen molar-refractivity contribution in [3.63, 3.8) is 0 Å². The maximum absolute atomic E-state index is 13.0. The molecule has 8 heteroatoms. The largest absolute Gasteiger partial charge is 0.488 e. The van der Waals surface area contributed by atoms with Crippen LogP contribution in [0.4, 0.5) is 4.39 Å². The molecule has 0 atom stereocenters. The van der Waals surface area contributed by atoms with Crippen molar-refractivity contribution >= 4 is 35.7 Å². The summed E-state index contributed by atoms with van der Waals surface area (Å²) in [5.74, 6) is 0.000565. The minimum atomic E-state index is -1.67. The second kappa shape index (κ2) is 5.79. The van der Waals surface area contributed by atoms with Crippen LogP contribution in [0, 0.1) is 12.7 Å². The Hall–Kier alpha value is -0.955. The summed E-state index contributed by atoms with van der Waals surface area (Å²) in [6.07, 6.45) is 0. The molecular weight excluding hydrogens is 274 g/mol. The van der Waals surface area contributed by atoms with Gasteiger partial charge in [0.2, 0.25) is 0 Å². The van der Waals surface area contributed by atoms with E-state index in [1.807, 2.05) is 6.92 Å². The molecule has 1 aromatic heterocycles. The number of nitrogens with zero attached hydrogens (tertiary/aromatic N) is 2. The van der Waals surface area contributed by atoms with Crippen LogP contribution in [0.2, 0.25) is 0 Å². The van der Waals surface area contributed by atoms with Crippen molar-refractivity contribution < 1.29 is 14.4 Å². The molecule has 0 unspecified atom stereocenters. The van der Waals surface area contributed by atoms with Crippen molar-refractivity contribution in [2.24, 2.45) is 0 Å². The zero-order valence-electron chi connectivity index (χ0n) is 9.50. The van der Waals surface area contributed by atoms with Crippen LogP contribution in [0.5, 0.6) is 0 Å². The number of hydrogen-bond donors (Lipinski definition) is 2. The van der Waals surface area contributed by atoms with Gasteiger partial charge in [0.1, 0.15) is 10.8 Å². The number of halogens is 1. The van der Waals surface area contributed by atoms with E-state index in [1.54, 1.807) is 6.07 Å². The average Bonchev–Trinajstić information content (AvgIpc) is 2.73. The lowest BCUT2D eigenvalue weighted by molar-refractivity contribution is 0.425. The molecule has 0 fully saturated rings. The fourth-order valence-electron chi connectivity index (χ4n) is 1.41. The number of aryl methyl sites for hydroxylation is 1. The molecule has 0 aliphatic heterocycles. The van der Waals surface area contributed by atoms with Crippen molar-refractivity contribution in [3.05, 3.63) is 34.6 Å². The maximum Gasteiger partial charge on any atom is 0.488 e. The Morgan fingerprint density at radius 1 is 1.39 bits per heavy atom. The predicted octanol–water partition coefficient (Wildman–Crippen LogP) is 0.958. The van der Waals surface area contributed by atoms with Gasteiger partial charge in [-0.25, -0.2) is 4.39 Å². The van der Waals surface area contributed by atoms with Crippen LogP contribution in [-0.2, 0) is 5.75 Å². The highest BCUT2D eigenvalue weighted by Crippen LogP contribution is 2.25. The van der Waals surface area contributed by atoms with Gasteiger partial charge in [-0.2, -0.15) is 0 Å². The number of benzene rings is 1. The summed E-state index contributed by atoms with van der Waals surface area (Å²) in [4.78, 5) is 0. The summed E-state index contributed by atoms with van der Waals surface area (Å²) < 4.78 is 13.8. The van der Waals surface area contributed by atoms with Crippen LogP contribution in [-0.4, -0.2) is 27.4 Å². The zero-order chi connectivity index (χ0) is 13.1. The van der Waals surface area contributed by atoms with Gasteiger partial charge in [-0.05, 0) is 30.1 Å². The molecule has 2 rings (SSSR count). The van der Waals surface area contributed by atoms with Crippen LogP contribution in [0.25, 0.3) is 0 Å². The van der Waals surface area contributed by atoms with E-state index in [1.165, 1.54) is 29.2 Å². The first-order chi connectivity index (χ1) is 8.56. The van der Waals surface area contributed by atoms with E-state index in [-0.39, 0.29) is 5.46 Å². The highest BCUT2D eigenvalue weighted by molar-refractivity contribution is 8.00. The Balaban J connectivity index is 2.13. The number of aromatic nitrogens is 2. The van der Waals surface area contributed by atoms with E-state index in [0.717, 1.165) is 15.4 Å². The molecule has 0 aliphatic rings. The SMILES string of the molecule is Cc1nnc(SCc2ccc(F)cc2B(O)O)s1. The van der Waals surface area contributed by atoms with Crippen LogP contribution in [0.15, 0.2) is 22.5 Å². The van der Waals surface area contributed by atoms with Gasteiger partial charge in [-0.3, -0.25) is 0 Å². The first kappa shape index (κ1) is 13.5. The third-order valence-electron chi connectivity index (χ3n) is 2.24. The Morgan fingerprint density at radius 3 is 2.78 bits per heavy atom. The van der Waals surface area contributed by atoms with E-state index in [9.17, 15) is 14.4 Å². The highest BCUT2D eigenvalue weighted by Gasteiger charge is 2.17. The molecule has 0 amide bonds.